The molecular formula is C15H19N3OS. The molecule has 2 rings (SSSR count). The quantitative estimate of drug-likeness (QED) is 0.513. The number of aromatic nitrogens is 1. The smallest absolute Gasteiger partial charge is 0.155 e. The Morgan fingerprint density at radius 3 is 2.80 bits per heavy atom. The van der Waals surface area contributed by atoms with Crippen LogP contribution in [0.25, 0.3) is 10.9 Å². The van der Waals surface area contributed by atoms with E-state index in [9.17, 15) is 0 Å². The van der Waals surface area contributed by atoms with Crippen LogP contribution in [0.5, 0.6) is 5.75 Å². The average Bonchev–Trinajstić information content (AvgIpc) is 2.42. The molecular weight excluding hydrogens is 270 g/mol. The Morgan fingerprint density at radius 1 is 1.45 bits per heavy atom. The molecule has 20 heavy (non-hydrogen) atoms. The Morgan fingerprint density at radius 2 is 2.20 bits per heavy atom. The van der Waals surface area contributed by atoms with Crippen molar-refractivity contribution in [3.05, 3.63) is 29.5 Å². The molecule has 2 aromatic rings. The van der Waals surface area contributed by atoms with Gasteiger partial charge in [-0.2, -0.15) is 0 Å². The van der Waals surface area contributed by atoms with Gasteiger partial charge in [0, 0.05) is 16.0 Å². The van der Waals surface area contributed by atoms with Crippen LogP contribution < -0.4 is 10.5 Å². The molecule has 0 aliphatic heterocycles. The fraction of sp³-hybridized carbons (Fsp3) is 0.333. The van der Waals surface area contributed by atoms with Crippen LogP contribution >= 0.6 is 11.8 Å². The maximum absolute atomic E-state index is 7.59. The second kappa shape index (κ2) is 6.13. The average molecular weight is 289 g/mol. The van der Waals surface area contributed by atoms with Gasteiger partial charge in [-0.05, 0) is 37.1 Å². The maximum Gasteiger partial charge on any atom is 0.155 e. The minimum absolute atomic E-state index is 0.0945. The molecule has 0 aliphatic rings. The fourth-order valence-electron chi connectivity index (χ4n) is 2.27. The van der Waals surface area contributed by atoms with E-state index in [1.807, 2.05) is 25.1 Å². The number of aryl methyl sites for hydroxylation is 1. The molecule has 0 fully saturated rings. The number of rotatable bonds is 4. The summed E-state index contributed by atoms with van der Waals surface area (Å²) < 4.78 is 5.29. The van der Waals surface area contributed by atoms with Crippen LogP contribution in [0.1, 0.15) is 24.6 Å². The number of thioether (sulfide) groups is 1. The van der Waals surface area contributed by atoms with E-state index in [0.717, 1.165) is 40.1 Å². The van der Waals surface area contributed by atoms with Crippen molar-refractivity contribution in [1.82, 2.24) is 4.98 Å². The molecule has 4 nitrogen and oxygen atoms in total. The first-order valence-corrected chi connectivity index (χ1v) is 7.37. The van der Waals surface area contributed by atoms with Gasteiger partial charge in [0.05, 0.1) is 12.6 Å². The first-order chi connectivity index (χ1) is 9.56. The number of hydrogen-bond donors (Lipinski definition) is 2. The predicted molar refractivity (Wildman–Crippen MR) is 84.8 cm³/mol. The summed E-state index contributed by atoms with van der Waals surface area (Å²) in [5, 5.41) is 8.69. The zero-order valence-corrected chi connectivity index (χ0v) is 12.8. The van der Waals surface area contributed by atoms with E-state index in [2.05, 4.69) is 11.9 Å². The highest BCUT2D eigenvalue weighted by Crippen LogP contribution is 2.34. The number of pyridine rings is 1. The topological polar surface area (TPSA) is 72.0 Å². The number of amidine groups is 1. The van der Waals surface area contributed by atoms with E-state index < -0.39 is 0 Å². The van der Waals surface area contributed by atoms with Gasteiger partial charge >= 0.3 is 0 Å². The molecule has 106 valence electrons. The van der Waals surface area contributed by atoms with E-state index >= 15 is 0 Å². The van der Waals surface area contributed by atoms with Crippen molar-refractivity contribution in [1.29, 1.82) is 5.41 Å². The molecule has 5 heteroatoms. The van der Waals surface area contributed by atoms with Gasteiger partial charge in [0.2, 0.25) is 0 Å². The molecule has 0 saturated heterocycles. The summed E-state index contributed by atoms with van der Waals surface area (Å²) in [5.74, 6) is 0.788. The first kappa shape index (κ1) is 14.7. The molecule has 0 saturated carbocycles. The van der Waals surface area contributed by atoms with E-state index in [4.69, 9.17) is 15.9 Å². The van der Waals surface area contributed by atoms with Crippen molar-refractivity contribution in [3.8, 4) is 5.75 Å². The molecule has 0 bridgehead atoms. The summed E-state index contributed by atoms with van der Waals surface area (Å²) in [7, 11) is 1.65. The molecule has 3 N–H and O–H groups in total. The van der Waals surface area contributed by atoms with E-state index in [1.165, 1.54) is 17.3 Å². The molecule has 1 heterocycles. The van der Waals surface area contributed by atoms with Crippen molar-refractivity contribution in [2.75, 3.05) is 7.11 Å². The number of ether oxygens (including phenoxy) is 1. The number of hydrogen-bond acceptors (Lipinski definition) is 4. The van der Waals surface area contributed by atoms with Crippen LogP contribution in [0.2, 0.25) is 0 Å². The van der Waals surface area contributed by atoms with E-state index in [-0.39, 0.29) is 5.17 Å². The normalized spacial score (nSPS) is 10.8. The number of methoxy groups -OCH3 is 1. The molecule has 1 aromatic carbocycles. The molecule has 0 atom stereocenters. The van der Waals surface area contributed by atoms with Crippen LogP contribution in [-0.4, -0.2) is 17.3 Å². The molecule has 0 spiro atoms. The van der Waals surface area contributed by atoms with Crippen LogP contribution in [0, 0.1) is 12.3 Å². The minimum atomic E-state index is 0.0945. The summed E-state index contributed by atoms with van der Waals surface area (Å²) >= 11 is 1.29. The standard InChI is InChI=1S/C15H19N3OS/c1-4-5-11-9(2)18-13-7-6-10(19-3)8-12(13)14(11)20-15(16)17/h6-8H,4-5H2,1-3H3,(H3,16,17). The van der Waals surface area contributed by atoms with Crippen molar-refractivity contribution in [2.24, 2.45) is 5.73 Å². The van der Waals surface area contributed by atoms with Crippen LogP contribution in [0.3, 0.4) is 0 Å². The Bertz CT molecular complexity index is 655. The maximum atomic E-state index is 7.59. The predicted octanol–water partition coefficient (Wildman–Crippen LogP) is 3.49. The zero-order chi connectivity index (χ0) is 14.7. The van der Waals surface area contributed by atoms with Crippen molar-refractivity contribution in [3.63, 3.8) is 0 Å². The molecule has 1 aromatic heterocycles. The first-order valence-electron chi connectivity index (χ1n) is 6.56. The molecule has 0 aliphatic carbocycles. The van der Waals surface area contributed by atoms with Crippen LogP contribution in [-0.2, 0) is 6.42 Å². The SMILES string of the molecule is CCCc1c(C)nc2ccc(OC)cc2c1SC(=N)N. The summed E-state index contributed by atoms with van der Waals surface area (Å²) in [6.07, 6.45) is 1.96. The van der Waals surface area contributed by atoms with Crippen molar-refractivity contribution in [2.45, 2.75) is 31.6 Å². The van der Waals surface area contributed by atoms with Gasteiger partial charge in [0.25, 0.3) is 0 Å². The van der Waals surface area contributed by atoms with Gasteiger partial charge in [-0.1, -0.05) is 25.1 Å². The second-order valence-corrected chi connectivity index (χ2v) is 5.66. The lowest BCUT2D eigenvalue weighted by molar-refractivity contribution is 0.415. The Kier molecular flexibility index (Phi) is 4.49. The highest BCUT2D eigenvalue weighted by atomic mass is 32.2. The Labute approximate surface area is 123 Å². The third-order valence-electron chi connectivity index (χ3n) is 3.16. The lowest BCUT2D eigenvalue weighted by Gasteiger charge is -2.14. The number of nitrogens with zero attached hydrogens (tertiary/aromatic N) is 1. The van der Waals surface area contributed by atoms with Gasteiger partial charge in [-0.25, -0.2) is 0 Å². The monoisotopic (exact) mass is 289 g/mol. The van der Waals surface area contributed by atoms with Crippen LogP contribution in [0.4, 0.5) is 0 Å². The van der Waals surface area contributed by atoms with Gasteiger partial charge in [0.1, 0.15) is 5.75 Å². The Balaban J connectivity index is 2.74. The minimum Gasteiger partial charge on any atom is -0.497 e. The van der Waals surface area contributed by atoms with Crippen molar-refractivity contribution < 1.29 is 4.74 Å². The summed E-state index contributed by atoms with van der Waals surface area (Å²) in [4.78, 5) is 5.69. The zero-order valence-electron chi connectivity index (χ0n) is 12.0. The van der Waals surface area contributed by atoms with E-state index in [0.29, 0.717) is 0 Å². The Hall–Kier alpha value is -1.75. The van der Waals surface area contributed by atoms with E-state index in [1.54, 1.807) is 7.11 Å². The number of benzene rings is 1. The third-order valence-corrected chi connectivity index (χ3v) is 4.05. The van der Waals surface area contributed by atoms with Gasteiger partial charge in [-0.3, -0.25) is 10.4 Å². The number of nitrogens with two attached hydrogens (primary N) is 1. The summed E-state index contributed by atoms with van der Waals surface area (Å²) in [6.45, 7) is 4.15. The molecule has 0 radical (unpaired) electrons. The third kappa shape index (κ3) is 2.88. The molecule has 0 amide bonds. The number of nitrogens with one attached hydrogen (secondary N) is 1. The fourth-order valence-corrected chi connectivity index (χ4v) is 3.13. The summed E-state index contributed by atoms with van der Waals surface area (Å²) in [6, 6.07) is 5.81. The lowest BCUT2D eigenvalue weighted by Crippen LogP contribution is -2.06. The number of fused-ring (bicyclic) bond motifs is 1. The van der Waals surface area contributed by atoms with Gasteiger partial charge in [0.15, 0.2) is 5.17 Å². The highest BCUT2D eigenvalue weighted by Gasteiger charge is 2.14. The summed E-state index contributed by atoms with van der Waals surface area (Å²) in [5.41, 5.74) is 8.69. The molecule has 0 unspecified atom stereocenters. The van der Waals surface area contributed by atoms with Gasteiger partial charge < -0.3 is 10.5 Å². The van der Waals surface area contributed by atoms with Gasteiger partial charge in [-0.15, -0.1) is 0 Å². The van der Waals surface area contributed by atoms with Crippen LogP contribution in [0.15, 0.2) is 23.1 Å². The highest BCUT2D eigenvalue weighted by molar-refractivity contribution is 8.13. The van der Waals surface area contributed by atoms with Crippen molar-refractivity contribution >= 4 is 27.8 Å². The largest absolute Gasteiger partial charge is 0.497 e. The lowest BCUT2D eigenvalue weighted by atomic mass is 10.1. The second-order valence-electron chi connectivity index (χ2n) is 4.60.